The van der Waals surface area contributed by atoms with Gasteiger partial charge in [0.15, 0.2) is 0 Å². The molecular formula is C27H32N2O6. The minimum atomic E-state index is -1.32. The Labute approximate surface area is 205 Å². The van der Waals surface area contributed by atoms with Crippen molar-refractivity contribution >= 4 is 18.0 Å². The Kier molecular flexibility index (Phi) is 7.40. The Hall–Kier alpha value is -3.39. The number of rotatable bonds is 9. The van der Waals surface area contributed by atoms with Crippen molar-refractivity contribution in [2.24, 2.45) is 5.92 Å². The van der Waals surface area contributed by atoms with E-state index in [9.17, 15) is 19.5 Å². The molecule has 3 N–H and O–H groups in total. The van der Waals surface area contributed by atoms with Crippen LogP contribution in [0.25, 0.3) is 11.1 Å². The molecule has 0 saturated heterocycles. The van der Waals surface area contributed by atoms with Crippen molar-refractivity contribution in [2.45, 2.75) is 50.1 Å². The number of carboxylic acids is 1. The van der Waals surface area contributed by atoms with Crippen LogP contribution in [0.5, 0.6) is 0 Å². The van der Waals surface area contributed by atoms with Crippen LogP contribution < -0.4 is 10.6 Å². The number of hydrogen-bond acceptors (Lipinski definition) is 5. The van der Waals surface area contributed by atoms with Crippen LogP contribution in [0.1, 0.15) is 49.7 Å². The summed E-state index contributed by atoms with van der Waals surface area (Å²) in [6.45, 7) is 1.89. The lowest BCUT2D eigenvalue weighted by molar-refractivity contribution is -0.141. The number of fused-ring (bicyclic) bond motifs is 3. The SMILES string of the molecule is CCC(COC)(NC(=O)OCC1c2ccccc2-c2ccccc21)C(=O)N[C@H]1CC[C@@H](C(=O)O)C1. The molecule has 2 aromatic rings. The van der Waals surface area contributed by atoms with E-state index in [1.54, 1.807) is 6.92 Å². The van der Waals surface area contributed by atoms with E-state index in [2.05, 4.69) is 22.8 Å². The molecule has 0 spiro atoms. The predicted molar refractivity (Wildman–Crippen MR) is 130 cm³/mol. The zero-order valence-corrected chi connectivity index (χ0v) is 20.1. The number of alkyl carbamates (subject to hydrolysis) is 1. The van der Waals surface area contributed by atoms with Gasteiger partial charge in [0.05, 0.1) is 12.5 Å². The minimum absolute atomic E-state index is 0.0331. The summed E-state index contributed by atoms with van der Waals surface area (Å²) in [6, 6.07) is 15.9. The Bertz CT molecular complexity index is 1060. The van der Waals surface area contributed by atoms with Crippen LogP contribution in [0.4, 0.5) is 4.79 Å². The number of ether oxygens (including phenoxy) is 2. The maximum Gasteiger partial charge on any atom is 0.408 e. The molecule has 0 heterocycles. The van der Waals surface area contributed by atoms with Gasteiger partial charge in [0.2, 0.25) is 5.91 Å². The van der Waals surface area contributed by atoms with Crippen molar-refractivity contribution in [3.8, 4) is 11.1 Å². The van der Waals surface area contributed by atoms with Gasteiger partial charge in [-0.3, -0.25) is 9.59 Å². The summed E-state index contributed by atoms with van der Waals surface area (Å²) in [4.78, 5) is 37.4. The van der Waals surface area contributed by atoms with Gasteiger partial charge in [0.25, 0.3) is 0 Å². The molecule has 0 aromatic heterocycles. The molecule has 8 heteroatoms. The highest BCUT2D eigenvalue weighted by molar-refractivity contribution is 5.90. The molecule has 8 nitrogen and oxygen atoms in total. The fraction of sp³-hybridized carbons (Fsp3) is 0.444. The number of nitrogens with one attached hydrogen (secondary N) is 2. The van der Waals surface area contributed by atoms with Crippen molar-refractivity contribution in [3.63, 3.8) is 0 Å². The first-order chi connectivity index (χ1) is 16.9. The maximum atomic E-state index is 13.2. The lowest BCUT2D eigenvalue weighted by Gasteiger charge is -2.32. The molecule has 1 saturated carbocycles. The molecule has 1 fully saturated rings. The van der Waals surface area contributed by atoms with Gasteiger partial charge in [0.1, 0.15) is 12.1 Å². The lowest BCUT2D eigenvalue weighted by Crippen LogP contribution is -2.62. The normalized spacial score (nSPS) is 20.4. The quantitative estimate of drug-likeness (QED) is 0.504. The molecular weight excluding hydrogens is 448 g/mol. The van der Waals surface area contributed by atoms with Crippen molar-refractivity contribution in [2.75, 3.05) is 20.3 Å². The van der Waals surface area contributed by atoms with E-state index < -0.39 is 29.4 Å². The van der Waals surface area contributed by atoms with Crippen LogP contribution in [0.15, 0.2) is 48.5 Å². The van der Waals surface area contributed by atoms with Crippen LogP contribution in [0, 0.1) is 5.92 Å². The first-order valence-corrected chi connectivity index (χ1v) is 12.0. The number of carbonyl (C=O) groups is 3. The molecule has 1 unspecified atom stereocenters. The summed E-state index contributed by atoms with van der Waals surface area (Å²) in [5.41, 5.74) is 3.16. The first kappa shape index (κ1) is 24.7. The summed E-state index contributed by atoms with van der Waals surface area (Å²) in [6.07, 6.45) is 1.06. The molecule has 0 radical (unpaired) electrons. The van der Waals surface area contributed by atoms with E-state index in [-0.39, 0.29) is 31.6 Å². The second kappa shape index (κ2) is 10.5. The standard InChI is InChI=1S/C27H32N2O6/c1-3-27(16-34-2,25(32)28-18-13-12-17(14-18)24(30)31)29-26(33)35-15-23-21-10-6-4-8-19(21)20-9-5-7-11-22(20)23/h4-11,17-18,23H,3,12-16H2,1-2H3,(H,28,32)(H,29,33)(H,30,31)/t17-,18+,27?/m1/s1. The van der Waals surface area contributed by atoms with Gasteiger partial charge in [0, 0.05) is 19.1 Å². The third kappa shape index (κ3) is 5.03. The summed E-state index contributed by atoms with van der Waals surface area (Å²) < 4.78 is 10.9. The number of hydrogen-bond donors (Lipinski definition) is 3. The average Bonchev–Trinajstić information content (AvgIpc) is 3.45. The Balaban J connectivity index is 1.43. The zero-order valence-electron chi connectivity index (χ0n) is 20.1. The fourth-order valence-electron chi connectivity index (χ4n) is 5.25. The Morgan fingerprint density at radius 1 is 1.03 bits per heavy atom. The largest absolute Gasteiger partial charge is 0.481 e. The monoisotopic (exact) mass is 480 g/mol. The number of methoxy groups -OCH3 is 1. The molecule has 2 aromatic carbocycles. The Morgan fingerprint density at radius 3 is 2.20 bits per heavy atom. The van der Waals surface area contributed by atoms with Crippen LogP contribution in [0.2, 0.25) is 0 Å². The van der Waals surface area contributed by atoms with E-state index in [4.69, 9.17) is 9.47 Å². The van der Waals surface area contributed by atoms with Gasteiger partial charge in [-0.05, 0) is 47.9 Å². The van der Waals surface area contributed by atoms with E-state index in [1.165, 1.54) is 7.11 Å². The number of aliphatic carboxylic acids is 1. The van der Waals surface area contributed by atoms with E-state index >= 15 is 0 Å². The number of carbonyl (C=O) groups excluding carboxylic acids is 2. The summed E-state index contributed by atoms with van der Waals surface area (Å²) in [5.74, 6) is -1.80. The zero-order chi connectivity index (χ0) is 25.0. The lowest BCUT2D eigenvalue weighted by atomic mass is 9.95. The van der Waals surface area contributed by atoms with Crippen LogP contribution in [-0.4, -0.2) is 55.0 Å². The molecule has 186 valence electrons. The summed E-state index contributed by atoms with van der Waals surface area (Å²) >= 11 is 0. The Morgan fingerprint density at radius 2 is 1.66 bits per heavy atom. The highest BCUT2D eigenvalue weighted by Gasteiger charge is 2.42. The van der Waals surface area contributed by atoms with Crippen molar-refractivity contribution in [1.82, 2.24) is 10.6 Å². The second-order valence-corrected chi connectivity index (χ2v) is 9.34. The van der Waals surface area contributed by atoms with E-state index in [1.807, 2.05) is 36.4 Å². The van der Waals surface area contributed by atoms with Gasteiger partial charge >= 0.3 is 12.1 Å². The fourth-order valence-corrected chi connectivity index (χ4v) is 5.25. The van der Waals surface area contributed by atoms with Gasteiger partial charge < -0.3 is 25.2 Å². The summed E-state index contributed by atoms with van der Waals surface area (Å²) in [7, 11) is 1.47. The number of carboxylic acid groups (broad SMARTS) is 1. The molecule has 3 atom stereocenters. The van der Waals surface area contributed by atoms with E-state index in [0.717, 1.165) is 22.3 Å². The highest BCUT2D eigenvalue weighted by Crippen LogP contribution is 2.44. The molecule has 0 aliphatic heterocycles. The van der Waals surface area contributed by atoms with Gasteiger partial charge in [-0.15, -0.1) is 0 Å². The highest BCUT2D eigenvalue weighted by atomic mass is 16.5. The first-order valence-electron chi connectivity index (χ1n) is 12.0. The van der Waals surface area contributed by atoms with E-state index in [0.29, 0.717) is 19.3 Å². The average molecular weight is 481 g/mol. The van der Waals surface area contributed by atoms with Crippen molar-refractivity contribution in [1.29, 1.82) is 0 Å². The van der Waals surface area contributed by atoms with Crippen molar-refractivity contribution in [3.05, 3.63) is 59.7 Å². The molecule has 2 aliphatic rings. The predicted octanol–water partition coefficient (Wildman–Crippen LogP) is 3.69. The summed E-state index contributed by atoms with van der Waals surface area (Å²) in [5, 5.41) is 14.9. The third-order valence-corrected chi connectivity index (χ3v) is 7.23. The molecule has 0 bridgehead atoms. The topological polar surface area (TPSA) is 114 Å². The van der Waals surface area contributed by atoms with Crippen LogP contribution in [0.3, 0.4) is 0 Å². The minimum Gasteiger partial charge on any atom is -0.481 e. The molecule has 2 amide bonds. The van der Waals surface area contributed by atoms with Crippen molar-refractivity contribution < 1.29 is 29.0 Å². The van der Waals surface area contributed by atoms with Gasteiger partial charge in [-0.2, -0.15) is 0 Å². The smallest absolute Gasteiger partial charge is 0.408 e. The van der Waals surface area contributed by atoms with Crippen LogP contribution in [-0.2, 0) is 19.1 Å². The number of amides is 2. The molecule has 4 rings (SSSR count). The molecule has 2 aliphatic carbocycles. The number of benzene rings is 2. The van der Waals surface area contributed by atoms with Crippen LogP contribution >= 0.6 is 0 Å². The second-order valence-electron chi connectivity index (χ2n) is 9.34. The third-order valence-electron chi connectivity index (χ3n) is 7.23. The molecule has 35 heavy (non-hydrogen) atoms. The van der Waals surface area contributed by atoms with Gasteiger partial charge in [-0.25, -0.2) is 4.79 Å². The van der Waals surface area contributed by atoms with Gasteiger partial charge in [-0.1, -0.05) is 55.5 Å². The maximum absolute atomic E-state index is 13.2.